The van der Waals surface area contributed by atoms with Gasteiger partial charge in [-0.2, -0.15) is 11.8 Å². The summed E-state index contributed by atoms with van der Waals surface area (Å²) in [7, 11) is 0. The van der Waals surface area contributed by atoms with Gasteiger partial charge in [0.05, 0.1) is 0 Å². The fourth-order valence-corrected chi connectivity index (χ4v) is 4.38. The minimum absolute atomic E-state index is 0.291. The normalized spacial score (nSPS) is 24.6. The molecule has 0 atom stereocenters. The van der Waals surface area contributed by atoms with Gasteiger partial charge in [-0.15, -0.1) is 11.3 Å². The molecule has 1 aliphatic rings. The first kappa shape index (κ1) is 15.4. The lowest BCUT2D eigenvalue weighted by Gasteiger charge is -2.28. The second-order valence-electron chi connectivity index (χ2n) is 6.61. The predicted molar refractivity (Wildman–Crippen MR) is 89.4 cm³/mol. The van der Waals surface area contributed by atoms with E-state index < -0.39 is 0 Å². The molecule has 0 spiro atoms. The van der Waals surface area contributed by atoms with Crippen LogP contribution in [0.2, 0.25) is 0 Å². The largest absolute Gasteiger partial charge is 0.309 e. The third kappa shape index (κ3) is 4.51. The average Bonchev–Trinajstić information content (AvgIpc) is 2.86. The average molecular weight is 298 g/mol. The van der Waals surface area contributed by atoms with Crippen molar-refractivity contribution in [2.24, 2.45) is 0 Å². The first-order valence-electron chi connectivity index (χ1n) is 7.34. The van der Waals surface area contributed by atoms with Crippen LogP contribution in [-0.2, 0) is 12.0 Å². The molecular formula is C16H27NS2. The molecule has 0 unspecified atom stereocenters. The number of hydrogen-bond acceptors (Lipinski definition) is 3. The number of hydrogen-bond donors (Lipinski definition) is 1. The zero-order chi connectivity index (χ0) is 13.9. The van der Waals surface area contributed by atoms with Gasteiger partial charge in [0.15, 0.2) is 0 Å². The molecule has 1 fully saturated rings. The van der Waals surface area contributed by atoms with Gasteiger partial charge in [0.2, 0.25) is 0 Å². The van der Waals surface area contributed by atoms with Gasteiger partial charge in [-0.3, -0.25) is 0 Å². The number of rotatable bonds is 4. The van der Waals surface area contributed by atoms with Crippen molar-refractivity contribution in [2.75, 3.05) is 6.26 Å². The van der Waals surface area contributed by atoms with Crippen molar-refractivity contribution in [1.82, 2.24) is 5.32 Å². The Balaban J connectivity index is 1.78. The summed E-state index contributed by atoms with van der Waals surface area (Å²) in [6, 6.07) is 5.33. The molecule has 1 heterocycles. The van der Waals surface area contributed by atoms with Gasteiger partial charge in [0.1, 0.15) is 0 Å². The van der Waals surface area contributed by atoms with E-state index in [9.17, 15) is 0 Å². The summed E-state index contributed by atoms with van der Waals surface area (Å²) in [5.41, 5.74) is 0.291. The summed E-state index contributed by atoms with van der Waals surface area (Å²) in [5, 5.41) is 4.66. The lowest BCUT2D eigenvalue weighted by Crippen LogP contribution is -2.33. The maximum absolute atomic E-state index is 3.75. The zero-order valence-electron chi connectivity index (χ0n) is 12.7. The molecule has 0 aliphatic heterocycles. The molecule has 1 N–H and O–H groups in total. The van der Waals surface area contributed by atoms with Gasteiger partial charge in [0.25, 0.3) is 0 Å². The molecule has 1 aliphatic carbocycles. The Morgan fingerprint density at radius 3 is 2.42 bits per heavy atom. The molecule has 0 bridgehead atoms. The van der Waals surface area contributed by atoms with Gasteiger partial charge in [0, 0.05) is 27.6 Å². The summed E-state index contributed by atoms with van der Waals surface area (Å²) in [6.45, 7) is 7.93. The summed E-state index contributed by atoms with van der Waals surface area (Å²) < 4.78 is 0. The molecule has 1 saturated carbocycles. The second kappa shape index (κ2) is 6.64. The van der Waals surface area contributed by atoms with E-state index in [0.717, 1.165) is 17.8 Å². The standard InChI is InChI=1S/C16H27NS2/c1-16(2,3)15-10-9-14(19-15)11-17-12-5-7-13(18-4)8-6-12/h9-10,12-13,17H,5-8,11H2,1-4H3. The van der Waals surface area contributed by atoms with Gasteiger partial charge >= 0.3 is 0 Å². The van der Waals surface area contributed by atoms with Crippen molar-refractivity contribution < 1.29 is 0 Å². The highest BCUT2D eigenvalue weighted by Gasteiger charge is 2.20. The molecule has 19 heavy (non-hydrogen) atoms. The summed E-state index contributed by atoms with van der Waals surface area (Å²) in [6.07, 6.45) is 7.72. The minimum atomic E-state index is 0.291. The molecule has 2 rings (SSSR count). The number of thiophene rings is 1. The number of thioether (sulfide) groups is 1. The third-order valence-electron chi connectivity index (χ3n) is 3.97. The molecule has 1 aromatic heterocycles. The first-order chi connectivity index (χ1) is 8.99. The van der Waals surface area contributed by atoms with E-state index in [2.05, 4.69) is 44.5 Å². The van der Waals surface area contributed by atoms with Gasteiger partial charge in [-0.05, 0) is 49.5 Å². The Morgan fingerprint density at radius 1 is 1.21 bits per heavy atom. The maximum Gasteiger partial charge on any atom is 0.0302 e. The van der Waals surface area contributed by atoms with Crippen LogP contribution >= 0.6 is 23.1 Å². The summed E-state index contributed by atoms with van der Waals surface area (Å²) in [5.74, 6) is 0. The van der Waals surface area contributed by atoms with Crippen molar-refractivity contribution in [3.05, 3.63) is 21.9 Å². The highest BCUT2D eigenvalue weighted by atomic mass is 32.2. The summed E-state index contributed by atoms with van der Waals surface area (Å²) in [4.78, 5) is 2.98. The Labute approximate surface area is 126 Å². The van der Waals surface area contributed by atoms with Crippen LogP contribution in [0.4, 0.5) is 0 Å². The van der Waals surface area contributed by atoms with Crippen LogP contribution in [0, 0.1) is 0 Å². The van der Waals surface area contributed by atoms with Crippen molar-refractivity contribution in [1.29, 1.82) is 0 Å². The van der Waals surface area contributed by atoms with Crippen LogP contribution < -0.4 is 5.32 Å². The minimum Gasteiger partial charge on any atom is -0.309 e. The molecule has 1 aromatic rings. The van der Waals surface area contributed by atoms with Crippen molar-refractivity contribution in [3.8, 4) is 0 Å². The Morgan fingerprint density at radius 2 is 1.89 bits per heavy atom. The molecule has 0 aromatic carbocycles. The Hall–Kier alpha value is 0.01000. The van der Waals surface area contributed by atoms with Crippen LogP contribution in [0.1, 0.15) is 56.2 Å². The summed E-state index contributed by atoms with van der Waals surface area (Å²) >= 11 is 4.01. The topological polar surface area (TPSA) is 12.0 Å². The SMILES string of the molecule is CSC1CCC(NCc2ccc(C(C)(C)C)s2)CC1. The van der Waals surface area contributed by atoms with Crippen molar-refractivity contribution >= 4 is 23.1 Å². The van der Waals surface area contributed by atoms with Crippen LogP contribution in [0.25, 0.3) is 0 Å². The Kier molecular flexibility index (Phi) is 5.38. The second-order valence-corrected chi connectivity index (χ2v) is 8.91. The highest BCUT2D eigenvalue weighted by Crippen LogP contribution is 2.30. The van der Waals surface area contributed by atoms with E-state index in [1.165, 1.54) is 35.4 Å². The van der Waals surface area contributed by atoms with E-state index in [4.69, 9.17) is 0 Å². The van der Waals surface area contributed by atoms with Crippen molar-refractivity contribution in [3.63, 3.8) is 0 Å². The maximum atomic E-state index is 3.75. The number of nitrogens with one attached hydrogen (secondary N) is 1. The highest BCUT2D eigenvalue weighted by molar-refractivity contribution is 7.99. The van der Waals surface area contributed by atoms with E-state index in [-0.39, 0.29) is 0 Å². The first-order valence-corrected chi connectivity index (χ1v) is 9.45. The van der Waals surface area contributed by atoms with Crippen LogP contribution in [-0.4, -0.2) is 17.5 Å². The quantitative estimate of drug-likeness (QED) is 0.856. The molecule has 1 nitrogen and oxygen atoms in total. The predicted octanol–water partition coefficient (Wildman–Crippen LogP) is 4.81. The van der Waals surface area contributed by atoms with Crippen molar-refractivity contribution in [2.45, 2.75) is 69.7 Å². The van der Waals surface area contributed by atoms with Crippen LogP contribution in [0.5, 0.6) is 0 Å². The lowest BCUT2D eigenvalue weighted by molar-refractivity contribution is 0.380. The van der Waals surface area contributed by atoms with Crippen LogP contribution in [0.3, 0.4) is 0 Å². The monoisotopic (exact) mass is 297 g/mol. The van der Waals surface area contributed by atoms with E-state index in [0.29, 0.717) is 5.41 Å². The van der Waals surface area contributed by atoms with E-state index in [1.807, 2.05) is 23.1 Å². The van der Waals surface area contributed by atoms with E-state index >= 15 is 0 Å². The Bertz CT molecular complexity index is 384. The van der Waals surface area contributed by atoms with Gasteiger partial charge in [-0.1, -0.05) is 20.8 Å². The zero-order valence-corrected chi connectivity index (χ0v) is 14.3. The molecule has 0 saturated heterocycles. The van der Waals surface area contributed by atoms with Gasteiger partial charge < -0.3 is 5.32 Å². The molecule has 0 radical (unpaired) electrons. The van der Waals surface area contributed by atoms with Gasteiger partial charge in [-0.25, -0.2) is 0 Å². The molecular weight excluding hydrogens is 270 g/mol. The van der Waals surface area contributed by atoms with Crippen LogP contribution in [0.15, 0.2) is 12.1 Å². The van der Waals surface area contributed by atoms with E-state index in [1.54, 1.807) is 0 Å². The smallest absolute Gasteiger partial charge is 0.0302 e. The molecule has 108 valence electrons. The molecule has 3 heteroatoms. The molecule has 0 amide bonds. The fraction of sp³-hybridized carbons (Fsp3) is 0.750. The lowest BCUT2D eigenvalue weighted by atomic mass is 9.95. The fourth-order valence-electron chi connectivity index (χ4n) is 2.62. The third-order valence-corrected chi connectivity index (χ3v) is 6.62.